The van der Waals surface area contributed by atoms with Crippen molar-refractivity contribution in [1.82, 2.24) is 5.32 Å². The lowest BCUT2D eigenvalue weighted by atomic mass is 10.0. The average molecular weight is 282 g/mol. The van der Waals surface area contributed by atoms with Gasteiger partial charge in [-0.2, -0.15) is 0 Å². The minimum atomic E-state index is 0.0469. The summed E-state index contributed by atoms with van der Waals surface area (Å²) in [5.41, 5.74) is 1.94. The van der Waals surface area contributed by atoms with Gasteiger partial charge in [0.25, 0.3) is 5.91 Å². The van der Waals surface area contributed by atoms with Gasteiger partial charge in [-0.3, -0.25) is 4.79 Å². The van der Waals surface area contributed by atoms with Gasteiger partial charge in [0.05, 0.1) is 0 Å². The summed E-state index contributed by atoms with van der Waals surface area (Å²) in [7, 11) is 0. The van der Waals surface area contributed by atoms with E-state index in [2.05, 4.69) is 41.2 Å². The number of amides is 1. The number of rotatable bonds is 3. The molecule has 3 heteroatoms. The van der Waals surface area contributed by atoms with Crippen LogP contribution < -0.4 is 5.32 Å². The van der Waals surface area contributed by atoms with Gasteiger partial charge in [-0.05, 0) is 42.5 Å². The van der Waals surface area contributed by atoms with E-state index in [4.69, 9.17) is 0 Å². The molecule has 1 aliphatic carbocycles. The maximum Gasteiger partial charge on any atom is 0.251 e. The first kappa shape index (κ1) is 11.6. The largest absolute Gasteiger partial charge is 0.349 e. The van der Waals surface area contributed by atoms with Crippen LogP contribution in [0.3, 0.4) is 0 Å². The second kappa shape index (κ2) is 4.58. The van der Waals surface area contributed by atoms with Crippen molar-refractivity contribution in [3.05, 3.63) is 33.8 Å². The first-order valence-corrected chi connectivity index (χ1v) is 6.47. The summed E-state index contributed by atoms with van der Waals surface area (Å²) in [4.78, 5) is 11.9. The molecule has 0 aliphatic heterocycles. The predicted octanol–water partition coefficient (Wildman–Crippen LogP) is 3.46. The second-order valence-corrected chi connectivity index (χ2v) is 5.59. The molecule has 1 amide bonds. The zero-order chi connectivity index (χ0) is 11.7. The van der Waals surface area contributed by atoms with Gasteiger partial charge in [-0.1, -0.05) is 29.8 Å². The molecule has 16 heavy (non-hydrogen) atoms. The molecule has 1 aromatic carbocycles. The van der Waals surface area contributed by atoms with Gasteiger partial charge in [0, 0.05) is 16.1 Å². The lowest BCUT2D eigenvalue weighted by Crippen LogP contribution is -2.25. The Morgan fingerprint density at radius 3 is 2.62 bits per heavy atom. The van der Waals surface area contributed by atoms with Crippen LogP contribution in [0.25, 0.3) is 0 Å². The monoisotopic (exact) mass is 281 g/mol. The molecule has 1 N–H and O–H groups in total. The minimum Gasteiger partial charge on any atom is -0.349 e. The molecule has 0 atom stereocenters. The number of hydrogen-bond acceptors (Lipinski definition) is 1. The molecular formula is C13H16BrNO. The molecule has 1 aromatic rings. The van der Waals surface area contributed by atoms with Crippen molar-refractivity contribution in [2.45, 2.75) is 38.6 Å². The minimum absolute atomic E-state index is 0.0469. The zero-order valence-corrected chi connectivity index (χ0v) is 11.2. The Labute approximate surface area is 105 Å². The summed E-state index contributed by atoms with van der Waals surface area (Å²) in [5, 5.41) is 3.00. The molecule has 0 heterocycles. The first-order valence-electron chi connectivity index (χ1n) is 5.67. The van der Waals surface area contributed by atoms with Crippen LogP contribution in [0, 0.1) is 0 Å². The third kappa shape index (κ3) is 2.85. The van der Waals surface area contributed by atoms with Crippen molar-refractivity contribution in [2.24, 2.45) is 0 Å². The summed E-state index contributed by atoms with van der Waals surface area (Å²) in [6.45, 7) is 4.26. The van der Waals surface area contributed by atoms with Crippen LogP contribution in [-0.2, 0) is 0 Å². The summed E-state index contributed by atoms with van der Waals surface area (Å²) in [6.07, 6.45) is 2.24. The molecule has 1 saturated carbocycles. The number of halogens is 1. The molecular weight excluding hydrogens is 266 g/mol. The number of benzene rings is 1. The SMILES string of the molecule is CC(C)c1cc(Br)cc(C(=O)NC2CC2)c1. The lowest BCUT2D eigenvalue weighted by molar-refractivity contribution is 0.0951. The molecule has 0 spiro atoms. The Morgan fingerprint density at radius 1 is 1.38 bits per heavy atom. The van der Waals surface area contributed by atoms with Crippen LogP contribution in [0.4, 0.5) is 0 Å². The molecule has 0 bridgehead atoms. The van der Waals surface area contributed by atoms with Crippen LogP contribution in [0.5, 0.6) is 0 Å². The van der Waals surface area contributed by atoms with Crippen LogP contribution in [0.15, 0.2) is 22.7 Å². The molecule has 0 saturated heterocycles. The Hall–Kier alpha value is -0.830. The maximum absolute atomic E-state index is 11.9. The van der Waals surface area contributed by atoms with Crippen LogP contribution in [0.2, 0.25) is 0 Å². The summed E-state index contributed by atoms with van der Waals surface area (Å²) < 4.78 is 0.972. The molecule has 1 fully saturated rings. The Morgan fingerprint density at radius 2 is 2.06 bits per heavy atom. The highest BCUT2D eigenvalue weighted by atomic mass is 79.9. The van der Waals surface area contributed by atoms with Gasteiger partial charge in [-0.15, -0.1) is 0 Å². The highest BCUT2D eigenvalue weighted by molar-refractivity contribution is 9.10. The van der Waals surface area contributed by atoms with Gasteiger partial charge in [0.1, 0.15) is 0 Å². The van der Waals surface area contributed by atoms with E-state index in [1.807, 2.05) is 12.1 Å². The number of carbonyl (C=O) groups excluding carboxylic acids is 1. The van der Waals surface area contributed by atoms with Crippen molar-refractivity contribution in [2.75, 3.05) is 0 Å². The van der Waals surface area contributed by atoms with Gasteiger partial charge in [-0.25, -0.2) is 0 Å². The van der Waals surface area contributed by atoms with Crippen LogP contribution in [0.1, 0.15) is 48.5 Å². The third-order valence-corrected chi connectivity index (χ3v) is 3.22. The summed E-state index contributed by atoms with van der Waals surface area (Å²) in [5.74, 6) is 0.482. The van der Waals surface area contributed by atoms with Crippen molar-refractivity contribution >= 4 is 21.8 Å². The van der Waals surface area contributed by atoms with E-state index in [0.29, 0.717) is 12.0 Å². The second-order valence-electron chi connectivity index (χ2n) is 4.68. The van der Waals surface area contributed by atoms with Crippen LogP contribution >= 0.6 is 15.9 Å². The molecule has 2 rings (SSSR count). The van der Waals surface area contributed by atoms with Crippen molar-refractivity contribution in [3.8, 4) is 0 Å². The fourth-order valence-corrected chi connectivity index (χ4v) is 2.08. The fourth-order valence-electron chi connectivity index (χ4n) is 1.57. The summed E-state index contributed by atoms with van der Waals surface area (Å²) >= 11 is 3.45. The zero-order valence-electron chi connectivity index (χ0n) is 9.59. The molecule has 1 aliphatic rings. The normalized spacial score (nSPS) is 15.2. The Kier molecular flexibility index (Phi) is 3.33. The van der Waals surface area contributed by atoms with E-state index in [9.17, 15) is 4.79 Å². The van der Waals surface area contributed by atoms with E-state index in [-0.39, 0.29) is 5.91 Å². The van der Waals surface area contributed by atoms with Crippen molar-refractivity contribution < 1.29 is 4.79 Å². The van der Waals surface area contributed by atoms with E-state index >= 15 is 0 Å². The lowest BCUT2D eigenvalue weighted by Gasteiger charge is -2.09. The van der Waals surface area contributed by atoms with E-state index in [0.717, 1.165) is 22.9 Å². The molecule has 2 nitrogen and oxygen atoms in total. The summed E-state index contributed by atoms with van der Waals surface area (Å²) in [6, 6.07) is 6.34. The highest BCUT2D eigenvalue weighted by Crippen LogP contribution is 2.23. The number of hydrogen-bond donors (Lipinski definition) is 1. The third-order valence-electron chi connectivity index (χ3n) is 2.76. The van der Waals surface area contributed by atoms with E-state index in [1.54, 1.807) is 0 Å². The maximum atomic E-state index is 11.9. The van der Waals surface area contributed by atoms with E-state index in [1.165, 1.54) is 5.56 Å². The van der Waals surface area contributed by atoms with Gasteiger partial charge < -0.3 is 5.32 Å². The number of carbonyl (C=O) groups is 1. The molecule has 0 unspecified atom stereocenters. The highest BCUT2D eigenvalue weighted by Gasteiger charge is 2.24. The Balaban J connectivity index is 2.21. The number of nitrogens with one attached hydrogen (secondary N) is 1. The van der Waals surface area contributed by atoms with Gasteiger partial charge in [0.15, 0.2) is 0 Å². The molecule has 0 radical (unpaired) electrons. The fraction of sp³-hybridized carbons (Fsp3) is 0.462. The van der Waals surface area contributed by atoms with E-state index < -0.39 is 0 Å². The average Bonchev–Trinajstić information content (AvgIpc) is 3.00. The van der Waals surface area contributed by atoms with Gasteiger partial charge in [0.2, 0.25) is 0 Å². The quantitative estimate of drug-likeness (QED) is 0.903. The first-order chi connectivity index (χ1) is 7.56. The predicted molar refractivity (Wildman–Crippen MR) is 68.7 cm³/mol. The molecule has 86 valence electrons. The standard InChI is InChI=1S/C13H16BrNO/c1-8(2)9-5-10(7-11(14)6-9)13(16)15-12-3-4-12/h5-8,12H,3-4H2,1-2H3,(H,15,16). The van der Waals surface area contributed by atoms with Crippen LogP contribution in [-0.4, -0.2) is 11.9 Å². The smallest absolute Gasteiger partial charge is 0.251 e. The molecule has 0 aromatic heterocycles. The Bertz CT molecular complexity index is 410. The van der Waals surface area contributed by atoms with Crippen molar-refractivity contribution in [3.63, 3.8) is 0 Å². The van der Waals surface area contributed by atoms with Gasteiger partial charge >= 0.3 is 0 Å². The van der Waals surface area contributed by atoms with Crippen molar-refractivity contribution in [1.29, 1.82) is 0 Å². The topological polar surface area (TPSA) is 29.1 Å².